The smallest absolute Gasteiger partial charge is 0.0557 e. The van der Waals surface area contributed by atoms with Gasteiger partial charge in [0.1, 0.15) is 0 Å². The number of nitrogens with zero attached hydrogens (tertiary/aromatic N) is 3. The highest BCUT2D eigenvalue weighted by Gasteiger charge is 2.29. The van der Waals surface area contributed by atoms with Crippen molar-refractivity contribution in [3.63, 3.8) is 0 Å². The van der Waals surface area contributed by atoms with Gasteiger partial charge in [0.15, 0.2) is 0 Å². The molecule has 4 nitrogen and oxygen atoms in total. The zero-order valence-corrected chi connectivity index (χ0v) is 13.9. The van der Waals surface area contributed by atoms with E-state index >= 15 is 0 Å². The first kappa shape index (κ1) is 14.4. The predicted molar refractivity (Wildman–Crippen MR) is 87.9 cm³/mol. The van der Waals surface area contributed by atoms with Crippen LogP contribution in [0.5, 0.6) is 0 Å². The molecule has 1 fully saturated rings. The van der Waals surface area contributed by atoms with Gasteiger partial charge in [-0.05, 0) is 30.2 Å². The van der Waals surface area contributed by atoms with Gasteiger partial charge in [-0.2, -0.15) is 5.10 Å². The molecule has 0 spiro atoms. The molecule has 1 saturated carbocycles. The third kappa shape index (κ3) is 3.12. The van der Waals surface area contributed by atoms with Gasteiger partial charge in [-0.1, -0.05) is 6.07 Å². The normalized spacial score (nSPS) is 22.0. The van der Waals surface area contributed by atoms with Gasteiger partial charge in [0.2, 0.25) is 0 Å². The lowest BCUT2D eigenvalue weighted by Gasteiger charge is -2.32. The average Bonchev–Trinajstić information content (AvgIpc) is 3.05. The molecular weight excluding hydrogens is 294 g/mol. The van der Waals surface area contributed by atoms with E-state index in [-0.39, 0.29) is 0 Å². The van der Waals surface area contributed by atoms with Crippen LogP contribution in [0.4, 0.5) is 0 Å². The first-order valence-electron chi connectivity index (χ1n) is 8.13. The molecule has 0 radical (unpaired) electrons. The Balaban J connectivity index is 1.46. The number of hydrogen-bond donors (Lipinski definition) is 0. The van der Waals surface area contributed by atoms with Gasteiger partial charge >= 0.3 is 0 Å². The highest BCUT2D eigenvalue weighted by Crippen LogP contribution is 2.32. The first-order chi connectivity index (χ1) is 10.8. The second kappa shape index (κ2) is 6.14. The predicted octanol–water partition coefficient (Wildman–Crippen LogP) is 3.01. The van der Waals surface area contributed by atoms with Crippen LogP contribution in [0, 0.1) is 5.92 Å². The minimum absolute atomic E-state index is 0.455. The Hall–Kier alpha value is -1.17. The molecular formula is C17H23N3OS. The molecule has 2 aromatic rings. The van der Waals surface area contributed by atoms with E-state index in [0.717, 1.165) is 38.8 Å². The Morgan fingerprint density at radius 3 is 3.05 bits per heavy atom. The molecule has 2 aliphatic rings. The molecule has 1 aliphatic carbocycles. The molecule has 118 valence electrons. The van der Waals surface area contributed by atoms with Crippen molar-refractivity contribution >= 4 is 11.3 Å². The van der Waals surface area contributed by atoms with Gasteiger partial charge in [0.25, 0.3) is 0 Å². The number of ether oxygens (including phenoxy) is 1. The quantitative estimate of drug-likeness (QED) is 0.820. The highest BCUT2D eigenvalue weighted by molar-refractivity contribution is 7.09. The fraction of sp³-hybridized carbons (Fsp3) is 0.588. The summed E-state index contributed by atoms with van der Waals surface area (Å²) >= 11 is 1.84. The van der Waals surface area contributed by atoms with Crippen LogP contribution in [0.15, 0.2) is 23.7 Å². The largest absolute Gasteiger partial charge is 0.380 e. The first-order valence-corrected chi connectivity index (χ1v) is 9.01. The number of rotatable bonds is 6. The molecule has 0 N–H and O–H groups in total. The van der Waals surface area contributed by atoms with E-state index in [0.29, 0.717) is 5.92 Å². The Labute approximate surface area is 135 Å². The monoisotopic (exact) mass is 317 g/mol. The summed E-state index contributed by atoms with van der Waals surface area (Å²) in [5.41, 5.74) is 2.74. The van der Waals surface area contributed by atoms with E-state index in [2.05, 4.69) is 34.6 Å². The van der Waals surface area contributed by atoms with Crippen molar-refractivity contribution in [2.24, 2.45) is 13.0 Å². The molecule has 22 heavy (non-hydrogen) atoms. The summed E-state index contributed by atoms with van der Waals surface area (Å²) in [5, 5.41) is 6.63. The van der Waals surface area contributed by atoms with Crippen molar-refractivity contribution in [1.82, 2.24) is 14.7 Å². The summed E-state index contributed by atoms with van der Waals surface area (Å²) in [7, 11) is 2.05. The van der Waals surface area contributed by atoms with Crippen LogP contribution in [0.3, 0.4) is 0 Å². The third-order valence-corrected chi connectivity index (χ3v) is 5.58. The molecule has 2 aromatic heterocycles. The number of aromatic nitrogens is 2. The molecule has 1 atom stereocenters. The number of hydrogen-bond acceptors (Lipinski definition) is 4. The maximum atomic E-state index is 5.99. The third-order valence-electron chi connectivity index (χ3n) is 4.71. The summed E-state index contributed by atoms with van der Waals surface area (Å²) in [6, 6.07) is 4.36. The van der Waals surface area contributed by atoms with E-state index in [9.17, 15) is 0 Å². The maximum Gasteiger partial charge on any atom is 0.0557 e. The van der Waals surface area contributed by atoms with Crippen molar-refractivity contribution in [2.45, 2.75) is 31.8 Å². The lowest BCUT2D eigenvalue weighted by molar-refractivity contribution is 0.0887. The van der Waals surface area contributed by atoms with Gasteiger partial charge < -0.3 is 4.74 Å². The van der Waals surface area contributed by atoms with Crippen LogP contribution in [0.25, 0.3) is 0 Å². The van der Waals surface area contributed by atoms with E-state index < -0.39 is 0 Å². The van der Waals surface area contributed by atoms with Gasteiger partial charge in [0, 0.05) is 49.6 Å². The summed E-state index contributed by atoms with van der Waals surface area (Å²) in [6.45, 7) is 4.86. The SMILES string of the molecule is Cn1ncc2c1CN(Cc1cccs1)C[C@@H]2COCC1CC1. The van der Waals surface area contributed by atoms with Crippen LogP contribution in [-0.4, -0.2) is 34.4 Å². The van der Waals surface area contributed by atoms with Crippen LogP contribution in [0.1, 0.15) is 34.9 Å². The molecule has 3 heterocycles. The van der Waals surface area contributed by atoms with Crippen molar-refractivity contribution in [2.75, 3.05) is 19.8 Å². The van der Waals surface area contributed by atoms with Crippen molar-refractivity contribution < 1.29 is 4.74 Å². The van der Waals surface area contributed by atoms with Gasteiger partial charge in [-0.15, -0.1) is 11.3 Å². The molecule has 5 heteroatoms. The fourth-order valence-electron chi connectivity index (χ4n) is 3.25. The zero-order chi connectivity index (χ0) is 14.9. The van der Waals surface area contributed by atoms with Crippen molar-refractivity contribution in [1.29, 1.82) is 0 Å². The van der Waals surface area contributed by atoms with E-state index in [4.69, 9.17) is 4.74 Å². The second-order valence-electron chi connectivity index (χ2n) is 6.60. The average molecular weight is 317 g/mol. The van der Waals surface area contributed by atoms with Crippen molar-refractivity contribution in [3.05, 3.63) is 39.8 Å². The Morgan fingerprint density at radius 2 is 2.27 bits per heavy atom. The topological polar surface area (TPSA) is 30.3 Å². The van der Waals surface area contributed by atoms with Crippen LogP contribution < -0.4 is 0 Å². The summed E-state index contributed by atoms with van der Waals surface area (Å²) in [5.74, 6) is 1.29. The lowest BCUT2D eigenvalue weighted by Crippen LogP contribution is -2.35. The van der Waals surface area contributed by atoms with E-state index in [1.54, 1.807) is 0 Å². The van der Waals surface area contributed by atoms with Crippen LogP contribution in [-0.2, 0) is 24.9 Å². The molecule has 0 bridgehead atoms. The zero-order valence-electron chi connectivity index (χ0n) is 13.1. The maximum absolute atomic E-state index is 5.99. The Kier molecular flexibility index (Phi) is 4.03. The molecule has 1 aliphatic heterocycles. The fourth-order valence-corrected chi connectivity index (χ4v) is 3.99. The van der Waals surface area contributed by atoms with Gasteiger partial charge in [-0.25, -0.2) is 0 Å². The number of thiophene rings is 1. The summed E-state index contributed by atoms with van der Waals surface area (Å²) in [4.78, 5) is 3.96. The van der Waals surface area contributed by atoms with Gasteiger partial charge in [0.05, 0.1) is 18.5 Å². The molecule has 0 unspecified atom stereocenters. The number of fused-ring (bicyclic) bond motifs is 1. The summed E-state index contributed by atoms with van der Waals surface area (Å²) in [6.07, 6.45) is 4.75. The van der Waals surface area contributed by atoms with E-state index in [1.165, 1.54) is 29.0 Å². The minimum atomic E-state index is 0.455. The Morgan fingerprint density at radius 1 is 1.36 bits per heavy atom. The summed E-state index contributed by atoms with van der Waals surface area (Å²) < 4.78 is 8.02. The van der Waals surface area contributed by atoms with Gasteiger partial charge in [-0.3, -0.25) is 9.58 Å². The molecule has 0 saturated heterocycles. The highest BCUT2D eigenvalue weighted by atomic mass is 32.1. The van der Waals surface area contributed by atoms with E-state index in [1.807, 2.05) is 22.2 Å². The van der Waals surface area contributed by atoms with Crippen LogP contribution in [0.2, 0.25) is 0 Å². The molecule has 4 rings (SSSR count). The minimum Gasteiger partial charge on any atom is -0.380 e. The molecule has 0 amide bonds. The van der Waals surface area contributed by atoms with Crippen molar-refractivity contribution in [3.8, 4) is 0 Å². The number of aryl methyl sites for hydroxylation is 1. The standard InChI is InChI=1S/C17H23N3OS/c1-19-17-10-20(9-15-3-2-6-22-15)8-14(16(17)7-18-19)12-21-11-13-4-5-13/h2-3,6-7,13-14H,4-5,8-12H2,1H3/t14-/m1/s1. The molecule has 0 aromatic carbocycles. The Bertz CT molecular complexity index is 618. The second-order valence-corrected chi connectivity index (χ2v) is 7.63. The lowest BCUT2D eigenvalue weighted by atomic mass is 9.95. The van der Waals surface area contributed by atoms with Crippen LogP contribution >= 0.6 is 11.3 Å².